The van der Waals surface area contributed by atoms with Crippen molar-refractivity contribution in [1.29, 1.82) is 0 Å². The average Bonchev–Trinajstić information content (AvgIpc) is 3.13. The maximum atomic E-state index is 12.2. The summed E-state index contributed by atoms with van der Waals surface area (Å²) < 4.78 is 8.62. The number of carbonyl (C=O) groups is 1. The van der Waals surface area contributed by atoms with E-state index in [-0.39, 0.29) is 11.7 Å². The van der Waals surface area contributed by atoms with Crippen molar-refractivity contribution in [3.63, 3.8) is 0 Å². The van der Waals surface area contributed by atoms with Crippen LogP contribution in [0, 0.1) is 6.92 Å². The van der Waals surface area contributed by atoms with Crippen molar-refractivity contribution in [1.82, 2.24) is 20.1 Å². The Bertz CT molecular complexity index is 977. The summed E-state index contributed by atoms with van der Waals surface area (Å²) in [4.78, 5) is 12.2. The molecular formula is C21H23BrN4O2S. The van der Waals surface area contributed by atoms with Gasteiger partial charge in [0.2, 0.25) is 5.91 Å². The van der Waals surface area contributed by atoms with Crippen LogP contribution < -0.4 is 10.1 Å². The van der Waals surface area contributed by atoms with E-state index in [1.54, 1.807) is 0 Å². The van der Waals surface area contributed by atoms with Crippen molar-refractivity contribution in [2.24, 2.45) is 0 Å². The van der Waals surface area contributed by atoms with Gasteiger partial charge in [0.05, 0.1) is 12.3 Å². The molecule has 0 spiro atoms. The smallest absolute Gasteiger partial charge is 0.230 e. The highest BCUT2D eigenvalue weighted by Crippen LogP contribution is 2.26. The van der Waals surface area contributed by atoms with Gasteiger partial charge in [-0.15, -0.1) is 10.2 Å². The van der Waals surface area contributed by atoms with Crippen LogP contribution in [0.25, 0.3) is 11.4 Å². The van der Waals surface area contributed by atoms with E-state index in [2.05, 4.69) is 51.4 Å². The van der Waals surface area contributed by atoms with Gasteiger partial charge in [-0.05, 0) is 37.6 Å². The normalized spacial score (nSPS) is 10.7. The number of rotatable bonds is 9. The van der Waals surface area contributed by atoms with Gasteiger partial charge in [0.1, 0.15) is 12.4 Å². The number of nitrogens with zero attached hydrogens (tertiary/aromatic N) is 3. The van der Waals surface area contributed by atoms with Gasteiger partial charge in [-0.25, -0.2) is 0 Å². The van der Waals surface area contributed by atoms with Crippen LogP contribution in [-0.2, 0) is 11.3 Å². The predicted molar refractivity (Wildman–Crippen MR) is 119 cm³/mol. The van der Waals surface area contributed by atoms with E-state index in [9.17, 15) is 4.79 Å². The number of nitrogens with one attached hydrogen (secondary N) is 1. The zero-order valence-electron chi connectivity index (χ0n) is 16.4. The third-order valence-corrected chi connectivity index (χ3v) is 5.70. The minimum Gasteiger partial charge on any atom is -0.492 e. The summed E-state index contributed by atoms with van der Waals surface area (Å²) >= 11 is 4.79. The van der Waals surface area contributed by atoms with Crippen LogP contribution in [0.15, 0.2) is 58.2 Å². The molecule has 1 amide bonds. The lowest BCUT2D eigenvalue weighted by atomic mass is 10.1. The second-order valence-corrected chi connectivity index (χ2v) is 8.17. The van der Waals surface area contributed by atoms with Gasteiger partial charge in [-0.2, -0.15) is 0 Å². The molecule has 0 radical (unpaired) electrons. The molecule has 0 aliphatic rings. The first-order valence-electron chi connectivity index (χ1n) is 9.35. The number of benzene rings is 2. The molecule has 1 N–H and O–H groups in total. The van der Waals surface area contributed by atoms with Gasteiger partial charge >= 0.3 is 0 Å². The lowest BCUT2D eigenvalue weighted by Gasteiger charge is -2.10. The van der Waals surface area contributed by atoms with E-state index in [0.29, 0.717) is 13.2 Å². The number of aromatic nitrogens is 3. The average molecular weight is 475 g/mol. The number of hydrogen-bond acceptors (Lipinski definition) is 5. The summed E-state index contributed by atoms with van der Waals surface area (Å²) in [6, 6.07) is 15.7. The highest BCUT2D eigenvalue weighted by molar-refractivity contribution is 9.10. The molecule has 0 aliphatic carbocycles. The quantitative estimate of drug-likeness (QED) is 0.369. The molecule has 0 bridgehead atoms. The van der Waals surface area contributed by atoms with E-state index in [4.69, 9.17) is 4.74 Å². The van der Waals surface area contributed by atoms with Crippen LogP contribution in [0.5, 0.6) is 5.75 Å². The molecule has 0 saturated heterocycles. The largest absolute Gasteiger partial charge is 0.492 e. The first-order valence-corrected chi connectivity index (χ1v) is 11.1. The molecule has 3 aromatic rings. The van der Waals surface area contributed by atoms with E-state index in [1.165, 1.54) is 11.8 Å². The minimum atomic E-state index is -0.0593. The van der Waals surface area contributed by atoms with Gasteiger partial charge in [-0.3, -0.25) is 4.79 Å². The van der Waals surface area contributed by atoms with E-state index >= 15 is 0 Å². The summed E-state index contributed by atoms with van der Waals surface area (Å²) in [5.41, 5.74) is 2.21. The Hall–Kier alpha value is -2.32. The maximum Gasteiger partial charge on any atom is 0.230 e. The van der Waals surface area contributed by atoms with Crippen LogP contribution in [0.2, 0.25) is 0 Å². The highest BCUT2D eigenvalue weighted by atomic mass is 79.9. The Morgan fingerprint density at radius 3 is 2.79 bits per heavy atom. The molecule has 3 rings (SSSR count). The molecule has 6 nitrogen and oxygen atoms in total. The van der Waals surface area contributed by atoms with E-state index < -0.39 is 0 Å². The van der Waals surface area contributed by atoms with Crippen LogP contribution in [0.3, 0.4) is 0 Å². The highest BCUT2D eigenvalue weighted by Gasteiger charge is 2.15. The topological polar surface area (TPSA) is 69.0 Å². The van der Waals surface area contributed by atoms with Crippen molar-refractivity contribution < 1.29 is 9.53 Å². The van der Waals surface area contributed by atoms with Crippen molar-refractivity contribution in [3.8, 4) is 17.1 Å². The zero-order valence-corrected chi connectivity index (χ0v) is 18.8. The molecule has 2 aromatic carbocycles. The third-order valence-electron chi connectivity index (χ3n) is 4.24. The van der Waals surface area contributed by atoms with Crippen LogP contribution >= 0.6 is 27.7 Å². The first kappa shape index (κ1) is 21.4. The number of amides is 1. The van der Waals surface area contributed by atoms with E-state index in [0.717, 1.165) is 38.9 Å². The maximum absolute atomic E-state index is 12.2. The Balaban J connectivity index is 1.49. The van der Waals surface area contributed by atoms with Crippen LogP contribution in [0.4, 0.5) is 0 Å². The van der Waals surface area contributed by atoms with Gasteiger partial charge in [-0.1, -0.05) is 58.0 Å². The van der Waals surface area contributed by atoms with Gasteiger partial charge < -0.3 is 14.6 Å². The minimum absolute atomic E-state index is 0.0593. The molecule has 0 saturated carbocycles. The number of halogens is 1. The lowest BCUT2D eigenvalue weighted by molar-refractivity contribution is -0.118. The second-order valence-electron chi connectivity index (χ2n) is 6.31. The monoisotopic (exact) mass is 474 g/mol. The molecule has 152 valence electrons. The Morgan fingerprint density at radius 2 is 2.03 bits per heavy atom. The first-order chi connectivity index (χ1) is 14.1. The number of carbonyl (C=O) groups excluding carboxylic acids is 1. The summed E-state index contributed by atoms with van der Waals surface area (Å²) in [6.45, 7) is 5.70. The van der Waals surface area contributed by atoms with Gasteiger partial charge in [0.15, 0.2) is 11.0 Å². The van der Waals surface area contributed by atoms with Crippen LogP contribution in [0.1, 0.15) is 12.5 Å². The second kappa shape index (κ2) is 10.5. The molecule has 0 unspecified atom stereocenters. The molecule has 8 heteroatoms. The number of aryl methyl sites for hydroxylation is 1. The number of hydrogen-bond donors (Lipinski definition) is 1. The summed E-state index contributed by atoms with van der Waals surface area (Å²) in [5, 5.41) is 12.2. The lowest BCUT2D eigenvalue weighted by Crippen LogP contribution is -2.29. The summed E-state index contributed by atoms with van der Waals surface area (Å²) in [5.74, 6) is 1.82. The van der Waals surface area contributed by atoms with Crippen molar-refractivity contribution >= 4 is 33.6 Å². The van der Waals surface area contributed by atoms with Gasteiger partial charge in [0, 0.05) is 16.6 Å². The Kier molecular flexibility index (Phi) is 7.71. The molecule has 0 aliphatic heterocycles. The van der Waals surface area contributed by atoms with Crippen LogP contribution in [-0.4, -0.2) is 39.6 Å². The SMILES string of the molecule is CCn1c(SCC(=O)NCCOc2cccc(Br)c2)nnc1-c1ccccc1C. The molecule has 0 atom stereocenters. The van der Waals surface area contributed by atoms with Gasteiger partial charge in [0.25, 0.3) is 0 Å². The van der Waals surface area contributed by atoms with Crippen molar-refractivity contribution in [3.05, 3.63) is 58.6 Å². The van der Waals surface area contributed by atoms with E-state index in [1.807, 2.05) is 47.0 Å². The number of thioether (sulfide) groups is 1. The summed E-state index contributed by atoms with van der Waals surface area (Å²) in [6.07, 6.45) is 0. The standard InChI is InChI=1S/C21H23BrN4O2S/c1-3-26-20(18-10-5-4-7-15(18)2)24-25-21(26)29-14-19(27)23-11-12-28-17-9-6-8-16(22)13-17/h4-10,13H,3,11-12,14H2,1-2H3,(H,23,27). The molecule has 1 aromatic heterocycles. The zero-order chi connectivity index (χ0) is 20.6. The van der Waals surface area contributed by atoms with Crippen molar-refractivity contribution in [2.45, 2.75) is 25.5 Å². The Labute approximate surface area is 183 Å². The predicted octanol–water partition coefficient (Wildman–Crippen LogP) is 4.32. The fraction of sp³-hybridized carbons (Fsp3) is 0.286. The molecule has 1 heterocycles. The molecule has 29 heavy (non-hydrogen) atoms. The Morgan fingerprint density at radius 1 is 1.21 bits per heavy atom. The third kappa shape index (κ3) is 5.83. The molecule has 0 fully saturated rings. The summed E-state index contributed by atoms with van der Waals surface area (Å²) in [7, 11) is 0. The molecular weight excluding hydrogens is 452 g/mol. The van der Waals surface area contributed by atoms with Crippen molar-refractivity contribution in [2.75, 3.05) is 18.9 Å². The fourth-order valence-corrected chi connectivity index (χ4v) is 4.01. The fourth-order valence-electron chi connectivity index (χ4n) is 2.80. The number of ether oxygens (including phenoxy) is 1.